The molecule has 1 aromatic heterocycles. The van der Waals surface area contributed by atoms with Crippen molar-refractivity contribution in [1.29, 1.82) is 0 Å². The Balaban J connectivity index is 2.01. The van der Waals surface area contributed by atoms with Gasteiger partial charge in [-0.15, -0.1) is 23.1 Å². The molecule has 0 amide bonds. The number of aryl methyl sites for hydroxylation is 1. The van der Waals surface area contributed by atoms with Gasteiger partial charge in [-0.3, -0.25) is 0 Å². The van der Waals surface area contributed by atoms with Crippen molar-refractivity contribution < 1.29 is 9.53 Å². The van der Waals surface area contributed by atoms with Crippen LogP contribution in [0.25, 0.3) is 0 Å². The lowest BCUT2D eigenvalue weighted by molar-refractivity contribution is 0.0519. The van der Waals surface area contributed by atoms with Gasteiger partial charge in [-0.25, -0.2) is 9.78 Å². The minimum absolute atomic E-state index is 0.344. The Bertz CT molecular complexity index is 596. The van der Waals surface area contributed by atoms with E-state index in [0.717, 1.165) is 25.6 Å². The summed E-state index contributed by atoms with van der Waals surface area (Å²) in [5, 5.41) is 1.65. The highest BCUT2D eigenvalue weighted by atomic mass is 35.5. The summed E-state index contributed by atoms with van der Waals surface area (Å²) in [7, 11) is 0. The number of nitrogens with zero attached hydrogens (tertiary/aromatic N) is 1. The zero-order chi connectivity index (χ0) is 14.5. The lowest BCUT2D eigenvalue weighted by atomic mass is 10.4. The fourth-order valence-corrected chi connectivity index (χ4v) is 3.52. The molecule has 0 aliphatic heterocycles. The summed E-state index contributed by atoms with van der Waals surface area (Å²) in [5.74, 6) is 0.385. The molecule has 2 rings (SSSR count). The summed E-state index contributed by atoms with van der Waals surface area (Å²) < 4.78 is 4.98. The van der Waals surface area contributed by atoms with Crippen molar-refractivity contribution in [3.63, 3.8) is 0 Å². The molecule has 0 radical (unpaired) electrons. The predicted molar refractivity (Wildman–Crippen MR) is 83.8 cm³/mol. The molecule has 0 bridgehead atoms. The molecule has 106 valence electrons. The fourth-order valence-electron chi connectivity index (χ4n) is 1.58. The smallest absolute Gasteiger partial charge is 0.358 e. The van der Waals surface area contributed by atoms with Gasteiger partial charge in [0.1, 0.15) is 5.01 Å². The number of ether oxygens (including phenoxy) is 1. The van der Waals surface area contributed by atoms with Crippen molar-refractivity contribution in [2.24, 2.45) is 0 Å². The van der Waals surface area contributed by atoms with E-state index >= 15 is 0 Å². The van der Waals surface area contributed by atoms with Crippen LogP contribution in [0.3, 0.4) is 0 Å². The molecule has 1 aromatic carbocycles. The third kappa shape index (κ3) is 3.98. The van der Waals surface area contributed by atoms with Crippen molar-refractivity contribution >= 4 is 40.7 Å². The van der Waals surface area contributed by atoms with Crippen LogP contribution in [0, 0.1) is 6.92 Å². The maximum absolute atomic E-state index is 11.7. The van der Waals surface area contributed by atoms with Crippen LogP contribution in [0.15, 0.2) is 29.2 Å². The number of hydrogen-bond donors (Lipinski definition) is 0. The van der Waals surface area contributed by atoms with Crippen LogP contribution in [0.4, 0.5) is 0 Å². The molecule has 0 unspecified atom stereocenters. The van der Waals surface area contributed by atoms with Crippen LogP contribution < -0.4 is 0 Å². The zero-order valence-electron chi connectivity index (χ0n) is 11.2. The first kappa shape index (κ1) is 15.4. The number of aromatic nitrogens is 1. The molecule has 0 aliphatic carbocycles. The van der Waals surface area contributed by atoms with Gasteiger partial charge in [0.2, 0.25) is 0 Å². The molecular formula is C14H14ClNO2S2. The van der Waals surface area contributed by atoms with Crippen LogP contribution in [0.1, 0.15) is 27.3 Å². The largest absolute Gasteiger partial charge is 0.461 e. The molecule has 0 saturated carbocycles. The van der Waals surface area contributed by atoms with Gasteiger partial charge in [-0.2, -0.15) is 0 Å². The highest BCUT2D eigenvalue weighted by Gasteiger charge is 2.16. The highest BCUT2D eigenvalue weighted by Crippen LogP contribution is 2.27. The number of thioether (sulfide) groups is 1. The standard InChI is InChI=1S/C14H14ClNO2S2/c1-3-18-14(17)13-9(2)20-12(16-13)8-19-11-6-4-10(15)5-7-11/h4-7H,3,8H2,1-2H3. The molecule has 0 atom stereocenters. The van der Waals surface area contributed by atoms with Gasteiger partial charge in [-0.05, 0) is 38.1 Å². The first-order valence-electron chi connectivity index (χ1n) is 6.12. The second-order valence-electron chi connectivity index (χ2n) is 3.98. The molecule has 0 N–H and O–H groups in total. The van der Waals surface area contributed by atoms with Gasteiger partial charge >= 0.3 is 5.97 Å². The minimum atomic E-state index is -0.344. The second-order valence-corrected chi connectivity index (χ2v) is 6.75. The average Bonchev–Trinajstić information content (AvgIpc) is 2.80. The maximum atomic E-state index is 11.7. The molecule has 6 heteroatoms. The van der Waals surface area contributed by atoms with Gasteiger partial charge in [0, 0.05) is 14.8 Å². The highest BCUT2D eigenvalue weighted by molar-refractivity contribution is 7.98. The molecule has 1 heterocycles. The summed E-state index contributed by atoms with van der Waals surface area (Å²) in [4.78, 5) is 18.1. The predicted octanol–water partition coefficient (Wildman–Crippen LogP) is 4.57. The van der Waals surface area contributed by atoms with Gasteiger partial charge in [0.05, 0.1) is 12.4 Å². The molecule has 20 heavy (non-hydrogen) atoms. The summed E-state index contributed by atoms with van der Waals surface area (Å²) in [6.45, 7) is 4.04. The molecule has 3 nitrogen and oxygen atoms in total. The molecule has 0 saturated heterocycles. The lowest BCUT2D eigenvalue weighted by Gasteiger charge is -1.99. The van der Waals surface area contributed by atoms with Crippen molar-refractivity contribution in [1.82, 2.24) is 4.98 Å². The number of carbonyl (C=O) groups excluding carboxylic acids is 1. The van der Waals surface area contributed by atoms with Crippen molar-refractivity contribution in [3.8, 4) is 0 Å². The van der Waals surface area contributed by atoms with E-state index in [0.29, 0.717) is 12.3 Å². The first-order valence-corrected chi connectivity index (χ1v) is 8.30. The number of hydrogen-bond acceptors (Lipinski definition) is 5. The van der Waals surface area contributed by atoms with Crippen LogP contribution >= 0.6 is 34.7 Å². The summed E-state index contributed by atoms with van der Waals surface area (Å²) in [5.41, 5.74) is 0.434. The Hall–Kier alpha value is -1.04. The fraction of sp³-hybridized carbons (Fsp3) is 0.286. The van der Waals surface area contributed by atoms with E-state index in [1.165, 1.54) is 11.3 Å². The van der Waals surface area contributed by atoms with E-state index in [1.54, 1.807) is 18.7 Å². The number of rotatable bonds is 5. The van der Waals surface area contributed by atoms with Crippen LogP contribution in [0.2, 0.25) is 5.02 Å². The van der Waals surface area contributed by atoms with Gasteiger partial charge in [0.15, 0.2) is 5.69 Å². The minimum Gasteiger partial charge on any atom is -0.461 e. The Labute approximate surface area is 131 Å². The van der Waals surface area contributed by atoms with Crippen molar-refractivity contribution in [3.05, 3.63) is 44.9 Å². The van der Waals surface area contributed by atoms with Gasteiger partial charge in [0.25, 0.3) is 0 Å². The average molecular weight is 328 g/mol. The SMILES string of the molecule is CCOC(=O)c1nc(CSc2ccc(Cl)cc2)sc1C. The maximum Gasteiger partial charge on any atom is 0.358 e. The van der Waals surface area contributed by atoms with Crippen LogP contribution in [-0.2, 0) is 10.5 Å². The monoisotopic (exact) mass is 327 g/mol. The zero-order valence-corrected chi connectivity index (χ0v) is 13.6. The third-order valence-electron chi connectivity index (χ3n) is 2.49. The first-order chi connectivity index (χ1) is 9.60. The van der Waals surface area contributed by atoms with Gasteiger partial charge in [-0.1, -0.05) is 11.6 Å². The number of carbonyl (C=O) groups is 1. The van der Waals surface area contributed by atoms with E-state index in [1.807, 2.05) is 31.2 Å². The van der Waals surface area contributed by atoms with E-state index in [4.69, 9.17) is 16.3 Å². The molecular weight excluding hydrogens is 314 g/mol. The molecule has 0 fully saturated rings. The number of thiazole rings is 1. The summed E-state index contributed by atoms with van der Waals surface area (Å²) in [6, 6.07) is 7.67. The van der Waals surface area contributed by atoms with Crippen molar-refractivity contribution in [2.45, 2.75) is 24.5 Å². The topological polar surface area (TPSA) is 39.2 Å². The third-order valence-corrected chi connectivity index (χ3v) is 4.91. The number of halogens is 1. The van der Waals surface area contributed by atoms with Gasteiger partial charge < -0.3 is 4.74 Å². The lowest BCUT2D eigenvalue weighted by Crippen LogP contribution is -2.06. The van der Waals surface area contributed by atoms with Crippen LogP contribution in [0.5, 0.6) is 0 Å². The van der Waals surface area contributed by atoms with E-state index in [-0.39, 0.29) is 5.97 Å². The van der Waals surface area contributed by atoms with E-state index in [9.17, 15) is 4.79 Å². The molecule has 0 aliphatic rings. The summed E-state index contributed by atoms with van der Waals surface area (Å²) >= 11 is 9.05. The molecule has 2 aromatic rings. The summed E-state index contributed by atoms with van der Waals surface area (Å²) in [6.07, 6.45) is 0. The quantitative estimate of drug-likeness (QED) is 0.595. The van der Waals surface area contributed by atoms with E-state index in [2.05, 4.69) is 4.98 Å². The van der Waals surface area contributed by atoms with Crippen molar-refractivity contribution in [2.75, 3.05) is 6.61 Å². The number of esters is 1. The Morgan fingerprint density at radius 2 is 2.10 bits per heavy atom. The van der Waals surface area contributed by atoms with E-state index < -0.39 is 0 Å². The second kappa shape index (κ2) is 7.11. The Morgan fingerprint density at radius 3 is 2.75 bits per heavy atom. The molecule has 0 spiro atoms. The Morgan fingerprint density at radius 1 is 1.40 bits per heavy atom. The Kier molecular flexibility index (Phi) is 5.46. The van der Waals surface area contributed by atoms with Crippen LogP contribution in [-0.4, -0.2) is 17.6 Å². The number of benzene rings is 1. The normalized spacial score (nSPS) is 10.6.